The van der Waals surface area contributed by atoms with E-state index in [1.807, 2.05) is 0 Å². The van der Waals surface area contributed by atoms with Gasteiger partial charge in [-0.05, 0) is 96.3 Å². The zero-order valence-electron chi connectivity index (χ0n) is 16.8. The normalized spacial score (nSPS) is 41.7. The quantitative estimate of drug-likeness (QED) is 0.359. The van der Waals surface area contributed by atoms with Crippen molar-refractivity contribution in [2.24, 2.45) is 35.5 Å². The predicted molar refractivity (Wildman–Crippen MR) is 102 cm³/mol. The molecule has 4 rings (SSSR count). The molecule has 7 unspecified atom stereocenters. The molecule has 4 bridgehead atoms. The van der Waals surface area contributed by atoms with Gasteiger partial charge in [-0.1, -0.05) is 12.2 Å². The van der Waals surface area contributed by atoms with Crippen LogP contribution < -0.4 is 0 Å². The van der Waals surface area contributed by atoms with Gasteiger partial charge >= 0.3 is 8.80 Å². The van der Waals surface area contributed by atoms with Crippen LogP contribution in [0.1, 0.15) is 60.8 Å². The second kappa shape index (κ2) is 6.47. The van der Waals surface area contributed by atoms with E-state index in [4.69, 9.17) is 13.3 Å². The summed E-state index contributed by atoms with van der Waals surface area (Å²) in [6.07, 6.45) is 9.55. The first-order valence-corrected chi connectivity index (χ1v) is 12.3. The Hall–Kier alpha value is -0.163. The van der Waals surface area contributed by atoms with E-state index in [2.05, 4.69) is 53.7 Å². The number of allylic oxidation sites excluding steroid dienone is 2. The predicted octanol–water partition coefficient (Wildman–Crippen LogP) is 5.05. The van der Waals surface area contributed by atoms with E-state index in [1.165, 1.54) is 19.3 Å². The van der Waals surface area contributed by atoms with Crippen LogP contribution in [0.5, 0.6) is 0 Å². The monoisotopic (exact) mass is 364 g/mol. The van der Waals surface area contributed by atoms with Gasteiger partial charge in [-0.15, -0.1) is 0 Å². The number of rotatable bonds is 7. The Morgan fingerprint density at radius 2 is 1.24 bits per heavy atom. The third kappa shape index (κ3) is 2.97. The Labute approximate surface area is 154 Å². The number of hydrogen-bond donors (Lipinski definition) is 0. The van der Waals surface area contributed by atoms with Crippen LogP contribution in [-0.2, 0) is 13.3 Å². The number of hydrogen-bond acceptors (Lipinski definition) is 3. The summed E-state index contributed by atoms with van der Waals surface area (Å²) in [5, 5.41) is 0. The molecule has 0 aromatic heterocycles. The highest BCUT2D eigenvalue weighted by molar-refractivity contribution is 6.62. The molecule has 0 radical (unpaired) electrons. The third-order valence-corrected chi connectivity index (χ3v) is 10.9. The minimum absolute atomic E-state index is 0.152. The van der Waals surface area contributed by atoms with Gasteiger partial charge in [0.15, 0.2) is 0 Å². The number of fused-ring (bicyclic) bond motifs is 9. The minimum Gasteiger partial charge on any atom is -0.371 e. The second-order valence-electron chi connectivity index (χ2n) is 9.71. The zero-order chi connectivity index (χ0) is 17.9. The van der Waals surface area contributed by atoms with Crippen molar-refractivity contribution >= 4 is 8.80 Å². The molecule has 0 aromatic carbocycles. The van der Waals surface area contributed by atoms with Crippen LogP contribution in [0.3, 0.4) is 0 Å². The molecular formula is C21H36O3Si. The van der Waals surface area contributed by atoms with Gasteiger partial charge < -0.3 is 13.3 Å². The first-order chi connectivity index (χ1) is 11.8. The van der Waals surface area contributed by atoms with Crippen LogP contribution >= 0.6 is 0 Å². The molecule has 0 aliphatic heterocycles. The summed E-state index contributed by atoms with van der Waals surface area (Å²) in [5.41, 5.74) is 0.499. The molecule has 0 saturated heterocycles. The summed E-state index contributed by atoms with van der Waals surface area (Å²) in [4.78, 5) is 0. The lowest BCUT2D eigenvalue weighted by atomic mass is 9.73. The maximum atomic E-state index is 6.60. The van der Waals surface area contributed by atoms with Gasteiger partial charge in [-0.2, -0.15) is 0 Å². The Morgan fingerprint density at radius 3 is 1.76 bits per heavy atom. The van der Waals surface area contributed by atoms with Crippen LogP contribution in [0.2, 0.25) is 5.54 Å². The molecule has 4 aliphatic rings. The Kier molecular flexibility index (Phi) is 4.71. The van der Waals surface area contributed by atoms with Gasteiger partial charge in [0.25, 0.3) is 0 Å². The van der Waals surface area contributed by atoms with Crippen molar-refractivity contribution in [3.05, 3.63) is 12.2 Å². The highest BCUT2D eigenvalue weighted by Gasteiger charge is 2.68. The second-order valence-corrected chi connectivity index (χ2v) is 12.4. The Bertz CT molecular complexity index is 503. The average Bonchev–Trinajstić information content (AvgIpc) is 3.23. The molecular weight excluding hydrogens is 328 g/mol. The largest absolute Gasteiger partial charge is 0.505 e. The highest BCUT2D eigenvalue weighted by atomic mass is 28.4. The van der Waals surface area contributed by atoms with Crippen molar-refractivity contribution in [3.63, 3.8) is 0 Å². The van der Waals surface area contributed by atoms with E-state index in [9.17, 15) is 0 Å². The summed E-state index contributed by atoms with van der Waals surface area (Å²) < 4.78 is 19.8. The van der Waals surface area contributed by atoms with Crippen molar-refractivity contribution in [3.8, 4) is 0 Å². The summed E-state index contributed by atoms with van der Waals surface area (Å²) in [6.45, 7) is 12.8. The third-order valence-electron chi connectivity index (χ3n) is 6.92. The lowest BCUT2D eigenvalue weighted by molar-refractivity contribution is -0.0151. The first kappa shape index (κ1) is 18.2. The smallest absolute Gasteiger partial charge is 0.371 e. The molecule has 3 fully saturated rings. The average molecular weight is 365 g/mol. The molecule has 0 N–H and O–H groups in total. The Morgan fingerprint density at radius 1 is 0.720 bits per heavy atom. The fourth-order valence-electron chi connectivity index (χ4n) is 6.75. The molecule has 7 atom stereocenters. The van der Waals surface area contributed by atoms with Crippen molar-refractivity contribution in [2.45, 2.75) is 84.7 Å². The van der Waals surface area contributed by atoms with Crippen LogP contribution in [-0.4, -0.2) is 27.1 Å². The van der Waals surface area contributed by atoms with E-state index in [-0.39, 0.29) is 18.3 Å². The van der Waals surface area contributed by atoms with E-state index in [1.54, 1.807) is 0 Å². The summed E-state index contributed by atoms with van der Waals surface area (Å²) in [7, 11) is -2.72. The molecule has 0 heterocycles. The molecule has 25 heavy (non-hydrogen) atoms. The maximum absolute atomic E-state index is 6.60. The fourth-order valence-corrected chi connectivity index (χ4v) is 10.9. The minimum atomic E-state index is -2.72. The SMILES string of the molecule is CC(C)O[Si](OC(C)C)(OC(C)C)C1CC2CC1C1C3C=CC(C3)C21. The highest BCUT2D eigenvalue weighted by Crippen LogP contribution is 2.70. The topological polar surface area (TPSA) is 27.7 Å². The molecule has 0 aromatic rings. The Balaban J connectivity index is 1.64. The van der Waals surface area contributed by atoms with Crippen LogP contribution in [0.25, 0.3) is 0 Å². The molecule has 142 valence electrons. The van der Waals surface area contributed by atoms with Crippen LogP contribution in [0, 0.1) is 35.5 Å². The summed E-state index contributed by atoms with van der Waals surface area (Å²) in [6, 6.07) is 0. The van der Waals surface area contributed by atoms with E-state index >= 15 is 0 Å². The maximum Gasteiger partial charge on any atom is 0.505 e. The lowest BCUT2D eigenvalue weighted by Gasteiger charge is -2.45. The fraction of sp³-hybridized carbons (Fsp3) is 0.905. The van der Waals surface area contributed by atoms with Gasteiger partial charge in [-0.25, -0.2) is 0 Å². The van der Waals surface area contributed by atoms with Gasteiger partial charge in [0.05, 0.1) is 0 Å². The first-order valence-electron chi connectivity index (χ1n) is 10.5. The van der Waals surface area contributed by atoms with Crippen LogP contribution in [0.15, 0.2) is 12.2 Å². The van der Waals surface area contributed by atoms with E-state index in [0.717, 1.165) is 35.5 Å². The van der Waals surface area contributed by atoms with Gasteiger partial charge in [-0.3, -0.25) is 0 Å². The standard InChI is InChI=1S/C21H36O3Si/c1-12(2)22-25(23-13(3)4,24-14(5)6)19-11-17-10-18(19)21-16-8-7-15(9-16)20(17)21/h7-8,12-21H,9-11H2,1-6H3. The van der Waals surface area contributed by atoms with Gasteiger partial charge in [0, 0.05) is 23.9 Å². The van der Waals surface area contributed by atoms with E-state index < -0.39 is 8.80 Å². The van der Waals surface area contributed by atoms with Crippen LogP contribution in [0.4, 0.5) is 0 Å². The molecule has 4 heteroatoms. The summed E-state index contributed by atoms with van der Waals surface area (Å²) >= 11 is 0. The molecule has 0 amide bonds. The van der Waals surface area contributed by atoms with Crippen molar-refractivity contribution in [1.82, 2.24) is 0 Å². The van der Waals surface area contributed by atoms with Gasteiger partial charge in [0.1, 0.15) is 0 Å². The molecule has 3 saturated carbocycles. The van der Waals surface area contributed by atoms with Crippen molar-refractivity contribution < 1.29 is 13.3 Å². The lowest BCUT2D eigenvalue weighted by Crippen LogP contribution is -2.57. The molecule has 0 spiro atoms. The zero-order valence-corrected chi connectivity index (χ0v) is 17.8. The van der Waals surface area contributed by atoms with E-state index in [0.29, 0.717) is 5.54 Å². The molecule has 4 aliphatic carbocycles. The van der Waals surface area contributed by atoms with Crippen molar-refractivity contribution in [1.29, 1.82) is 0 Å². The molecule has 3 nitrogen and oxygen atoms in total. The van der Waals surface area contributed by atoms with Gasteiger partial charge in [0.2, 0.25) is 0 Å². The summed E-state index contributed by atoms with van der Waals surface area (Å²) in [5.74, 6) is 5.11. The van der Waals surface area contributed by atoms with Crippen molar-refractivity contribution in [2.75, 3.05) is 0 Å².